The standard InChI is InChI=1S/C14H17FN6/c15-11-1-3-12(4-2-11)20-7-9-21(10-8-20)13-5-6-17-14(18-13)19-16/h1-6H,7-10,16H2,(H,17,18,19). The van der Waals surface area contributed by atoms with Crippen LogP contribution < -0.4 is 21.1 Å². The Balaban J connectivity index is 1.65. The van der Waals surface area contributed by atoms with Gasteiger partial charge in [-0.25, -0.2) is 15.2 Å². The van der Waals surface area contributed by atoms with Crippen LogP contribution in [0.4, 0.5) is 21.8 Å². The summed E-state index contributed by atoms with van der Waals surface area (Å²) < 4.78 is 13.0. The van der Waals surface area contributed by atoms with Crippen molar-refractivity contribution in [2.45, 2.75) is 0 Å². The zero-order valence-corrected chi connectivity index (χ0v) is 11.5. The number of hydrazine groups is 1. The second-order valence-electron chi connectivity index (χ2n) is 4.83. The number of piperazine rings is 1. The first-order valence-electron chi connectivity index (χ1n) is 6.81. The summed E-state index contributed by atoms with van der Waals surface area (Å²) in [5, 5.41) is 0. The van der Waals surface area contributed by atoms with Crippen LogP contribution in [0, 0.1) is 5.82 Å². The lowest BCUT2D eigenvalue weighted by atomic mass is 10.2. The SMILES string of the molecule is NNc1nccc(N2CCN(c3ccc(F)cc3)CC2)n1. The molecule has 0 amide bonds. The third-order valence-electron chi connectivity index (χ3n) is 3.57. The van der Waals surface area contributed by atoms with Crippen LogP contribution in [0.15, 0.2) is 36.5 Å². The molecule has 0 atom stereocenters. The molecule has 21 heavy (non-hydrogen) atoms. The van der Waals surface area contributed by atoms with Crippen LogP contribution in [-0.4, -0.2) is 36.1 Å². The van der Waals surface area contributed by atoms with Gasteiger partial charge in [0, 0.05) is 38.1 Å². The largest absolute Gasteiger partial charge is 0.368 e. The molecule has 3 rings (SSSR count). The lowest BCUT2D eigenvalue weighted by molar-refractivity contribution is 0.624. The monoisotopic (exact) mass is 288 g/mol. The summed E-state index contributed by atoms with van der Waals surface area (Å²) in [5.74, 6) is 6.39. The Hall–Kier alpha value is -2.41. The number of anilines is 3. The Morgan fingerprint density at radius 1 is 1.00 bits per heavy atom. The fourth-order valence-electron chi connectivity index (χ4n) is 2.44. The van der Waals surface area contributed by atoms with E-state index < -0.39 is 0 Å². The number of nitrogens with two attached hydrogens (primary N) is 1. The Morgan fingerprint density at radius 3 is 2.33 bits per heavy atom. The van der Waals surface area contributed by atoms with Gasteiger partial charge in [0.15, 0.2) is 0 Å². The molecule has 7 heteroatoms. The Labute approximate surface area is 122 Å². The molecule has 0 saturated carbocycles. The zero-order valence-electron chi connectivity index (χ0n) is 11.5. The van der Waals surface area contributed by atoms with Crippen LogP contribution in [0.25, 0.3) is 0 Å². The topological polar surface area (TPSA) is 70.3 Å². The van der Waals surface area contributed by atoms with Gasteiger partial charge < -0.3 is 9.80 Å². The molecule has 0 bridgehead atoms. The van der Waals surface area contributed by atoms with Crippen molar-refractivity contribution >= 4 is 17.5 Å². The van der Waals surface area contributed by atoms with E-state index in [1.807, 2.05) is 18.2 Å². The van der Waals surface area contributed by atoms with Gasteiger partial charge in [-0.05, 0) is 30.3 Å². The second kappa shape index (κ2) is 5.92. The fraction of sp³-hybridized carbons (Fsp3) is 0.286. The van der Waals surface area contributed by atoms with Crippen LogP contribution in [0.2, 0.25) is 0 Å². The van der Waals surface area contributed by atoms with Crippen molar-refractivity contribution in [3.63, 3.8) is 0 Å². The summed E-state index contributed by atoms with van der Waals surface area (Å²) >= 11 is 0. The Morgan fingerprint density at radius 2 is 1.67 bits per heavy atom. The molecule has 1 aliphatic heterocycles. The van der Waals surface area contributed by atoms with Crippen LogP contribution in [0.3, 0.4) is 0 Å². The predicted octanol–water partition coefficient (Wildman–Crippen LogP) is 1.23. The minimum Gasteiger partial charge on any atom is -0.368 e. The fourth-order valence-corrected chi connectivity index (χ4v) is 2.44. The molecule has 3 N–H and O–H groups in total. The highest BCUT2D eigenvalue weighted by atomic mass is 19.1. The molecule has 110 valence electrons. The molecule has 1 fully saturated rings. The highest BCUT2D eigenvalue weighted by molar-refractivity contribution is 5.50. The molecule has 6 nitrogen and oxygen atoms in total. The zero-order chi connectivity index (χ0) is 14.7. The van der Waals surface area contributed by atoms with Gasteiger partial charge in [0.1, 0.15) is 11.6 Å². The minimum atomic E-state index is -0.208. The number of aromatic nitrogens is 2. The summed E-state index contributed by atoms with van der Waals surface area (Å²) in [4.78, 5) is 12.8. The number of rotatable bonds is 3. The summed E-state index contributed by atoms with van der Waals surface area (Å²) in [6.07, 6.45) is 1.68. The minimum absolute atomic E-state index is 0.208. The maximum absolute atomic E-state index is 13.0. The van der Waals surface area contributed by atoms with Gasteiger partial charge in [-0.3, -0.25) is 5.43 Å². The summed E-state index contributed by atoms with van der Waals surface area (Å²) in [7, 11) is 0. The molecule has 1 saturated heterocycles. The second-order valence-corrected chi connectivity index (χ2v) is 4.83. The van der Waals surface area contributed by atoms with Crippen LogP contribution >= 0.6 is 0 Å². The number of nitrogen functional groups attached to an aromatic ring is 1. The average Bonchev–Trinajstić information content (AvgIpc) is 2.56. The lowest BCUT2D eigenvalue weighted by Crippen LogP contribution is -2.46. The number of hydrogen-bond acceptors (Lipinski definition) is 6. The number of hydrogen-bond donors (Lipinski definition) is 2. The van der Waals surface area contributed by atoms with Crippen LogP contribution in [-0.2, 0) is 0 Å². The highest BCUT2D eigenvalue weighted by Gasteiger charge is 2.18. The molecule has 0 spiro atoms. The van der Waals surface area contributed by atoms with Crippen molar-refractivity contribution in [1.29, 1.82) is 0 Å². The van der Waals surface area contributed by atoms with Gasteiger partial charge in [0.2, 0.25) is 5.95 Å². The van der Waals surface area contributed by atoms with Crippen molar-refractivity contribution in [2.24, 2.45) is 5.84 Å². The Bertz CT molecular complexity index is 595. The normalized spacial score (nSPS) is 15.1. The first-order valence-corrected chi connectivity index (χ1v) is 6.81. The van der Waals surface area contributed by atoms with Crippen molar-refractivity contribution in [3.8, 4) is 0 Å². The molecule has 0 unspecified atom stereocenters. The molecule has 0 radical (unpaired) electrons. The van der Waals surface area contributed by atoms with Crippen molar-refractivity contribution in [2.75, 3.05) is 41.4 Å². The number of halogens is 1. The molecular weight excluding hydrogens is 271 g/mol. The van der Waals surface area contributed by atoms with Crippen molar-refractivity contribution in [1.82, 2.24) is 9.97 Å². The maximum Gasteiger partial charge on any atom is 0.239 e. The quantitative estimate of drug-likeness (QED) is 0.654. The molecule has 2 aromatic rings. The Kier molecular flexibility index (Phi) is 3.83. The predicted molar refractivity (Wildman–Crippen MR) is 80.7 cm³/mol. The third-order valence-corrected chi connectivity index (χ3v) is 3.57. The molecular formula is C14H17FN6. The first-order chi connectivity index (χ1) is 10.3. The van der Waals surface area contributed by atoms with E-state index in [9.17, 15) is 4.39 Å². The van der Waals surface area contributed by atoms with E-state index in [1.165, 1.54) is 12.1 Å². The van der Waals surface area contributed by atoms with Crippen LogP contribution in [0.5, 0.6) is 0 Å². The summed E-state index contributed by atoms with van der Waals surface area (Å²) in [5.41, 5.74) is 3.50. The van der Waals surface area contributed by atoms with Gasteiger partial charge in [0.25, 0.3) is 0 Å². The summed E-state index contributed by atoms with van der Waals surface area (Å²) in [6.45, 7) is 3.42. The van der Waals surface area contributed by atoms with E-state index in [0.717, 1.165) is 37.7 Å². The summed E-state index contributed by atoms with van der Waals surface area (Å²) in [6, 6.07) is 8.48. The van der Waals surface area contributed by atoms with Gasteiger partial charge in [-0.15, -0.1) is 0 Å². The lowest BCUT2D eigenvalue weighted by Gasteiger charge is -2.36. The smallest absolute Gasteiger partial charge is 0.239 e. The van der Waals surface area contributed by atoms with E-state index in [2.05, 4.69) is 25.2 Å². The van der Waals surface area contributed by atoms with Gasteiger partial charge in [-0.2, -0.15) is 4.98 Å². The highest BCUT2D eigenvalue weighted by Crippen LogP contribution is 2.19. The van der Waals surface area contributed by atoms with E-state index in [-0.39, 0.29) is 5.82 Å². The molecule has 0 aliphatic carbocycles. The van der Waals surface area contributed by atoms with Crippen molar-refractivity contribution < 1.29 is 4.39 Å². The van der Waals surface area contributed by atoms with E-state index in [4.69, 9.17) is 5.84 Å². The number of nitrogens with one attached hydrogen (secondary N) is 1. The van der Waals surface area contributed by atoms with E-state index >= 15 is 0 Å². The number of nitrogens with zero attached hydrogens (tertiary/aromatic N) is 4. The third kappa shape index (κ3) is 3.03. The van der Waals surface area contributed by atoms with Gasteiger partial charge in [-0.1, -0.05) is 0 Å². The van der Waals surface area contributed by atoms with Gasteiger partial charge in [0.05, 0.1) is 0 Å². The molecule has 1 aromatic carbocycles. The maximum atomic E-state index is 13.0. The molecule has 1 aliphatic rings. The van der Waals surface area contributed by atoms with Crippen molar-refractivity contribution in [3.05, 3.63) is 42.3 Å². The average molecular weight is 288 g/mol. The van der Waals surface area contributed by atoms with E-state index in [1.54, 1.807) is 6.20 Å². The number of benzene rings is 1. The first kappa shape index (κ1) is 13.6. The van der Waals surface area contributed by atoms with Gasteiger partial charge >= 0.3 is 0 Å². The molecule has 2 heterocycles. The molecule has 1 aromatic heterocycles. The van der Waals surface area contributed by atoms with Crippen LogP contribution in [0.1, 0.15) is 0 Å². The van der Waals surface area contributed by atoms with E-state index in [0.29, 0.717) is 5.95 Å².